The Morgan fingerprint density at radius 3 is 1.62 bits per heavy atom. The minimum absolute atomic E-state index is 0.569. The number of unbranched alkanes of at least 4 members (excludes halogenated alkanes) is 6. The number of allylic oxidation sites excluding steroid dienone is 4. The van der Waals surface area contributed by atoms with Crippen molar-refractivity contribution >= 4 is 6.08 Å². The molecule has 0 N–H and O–H groups in total. The van der Waals surface area contributed by atoms with Gasteiger partial charge in [0.05, 0.1) is 23.3 Å². The van der Waals surface area contributed by atoms with Crippen LogP contribution < -0.4 is 0 Å². The summed E-state index contributed by atoms with van der Waals surface area (Å²) in [5.41, 5.74) is 7.56. The second-order valence-corrected chi connectivity index (χ2v) is 9.40. The minimum Gasteiger partial charge on any atom is -0.192 e. The summed E-state index contributed by atoms with van der Waals surface area (Å²) in [6, 6.07) is 29.6. The lowest BCUT2D eigenvalue weighted by Crippen LogP contribution is -1.88. The Bertz CT molecular complexity index is 1250. The average molecular weight is 485 g/mol. The van der Waals surface area contributed by atoms with E-state index in [2.05, 4.69) is 67.2 Å². The van der Waals surface area contributed by atoms with Gasteiger partial charge < -0.3 is 0 Å². The molecule has 0 atom stereocenters. The van der Waals surface area contributed by atoms with Gasteiger partial charge >= 0.3 is 0 Å². The standard InChI is InChI=1S/C35H36N2/c1-2-29(27-36)13-10-14-32-17-15-30(16-18-32)11-8-6-4-3-5-7-9-12-31-19-23-34(24-20-31)35-25-21-33(28-37)22-26-35/h2,10,13-26H,1,3-9,11-12H2/b14-10+,29-13+. The Labute approximate surface area is 222 Å². The highest BCUT2D eigenvalue weighted by Gasteiger charge is 2.00. The van der Waals surface area contributed by atoms with Crippen molar-refractivity contribution in [2.75, 3.05) is 0 Å². The molecule has 3 rings (SSSR count). The normalized spacial score (nSPS) is 11.2. The van der Waals surface area contributed by atoms with Crippen LogP contribution in [-0.4, -0.2) is 0 Å². The molecule has 0 saturated carbocycles. The smallest absolute Gasteiger partial charge is 0.0991 e. The molecule has 2 heteroatoms. The van der Waals surface area contributed by atoms with Crippen LogP contribution in [-0.2, 0) is 12.8 Å². The molecule has 0 aliphatic heterocycles. The van der Waals surface area contributed by atoms with Crippen molar-refractivity contribution in [2.45, 2.75) is 57.8 Å². The molecule has 186 valence electrons. The third-order valence-electron chi connectivity index (χ3n) is 6.63. The molecular formula is C35H36N2. The Morgan fingerprint density at radius 2 is 1.14 bits per heavy atom. The van der Waals surface area contributed by atoms with Crippen LogP contribution in [0.1, 0.15) is 67.2 Å². The predicted molar refractivity (Wildman–Crippen MR) is 156 cm³/mol. The summed E-state index contributed by atoms with van der Waals surface area (Å²) in [6.07, 6.45) is 18.6. The summed E-state index contributed by atoms with van der Waals surface area (Å²) in [5.74, 6) is 0. The third-order valence-corrected chi connectivity index (χ3v) is 6.63. The van der Waals surface area contributed by atoms with Gasteiger partial charge in [0.25, 0.3) is 0 Å². The van der Waals surface area contributed by atoms with E-state index in [1.807, 2.05) is 36.4 Å². The highest BCUT2D eigenvalue weighted by atomic mass is 14.2. The monoisotopic (exact) mass is 484 g/mol. The molecule has 0 fully saturated rings. The number of rotatable bonds is 14. The van der Waals surface area contributed by atoms with Crippen molar-refractivity contribution in [1.82, 2.24) is 0 Å². The van der Waals surface area contributed by atoms with Gasteiger partial charge in [-0.2, -0.15) is 10.5 Å². The van der Waals surface area contributed by atoms with Gasteiger partial charge in [-0.25, -0.2) is 0 Å². The van der Waals surface area contributed by atoms with Gasteiger partial charge in [0.2, 0.25) is 0 Å². The van der Waals surface area contributed by atoms with Gasteiger partial charge in [0.15, 0.2) is 0 Å². The summed E-state index contributed by atoms with van der Waals surface area (Å²) in [7, 11) is 0. The molecular weight excluding hydrogens is 448 g/mol. The molecule has 0 bridgehead atoms. The number of aryl methyl sites for hydroxylation is 2. The largest absolute Gasteiger partial charge is 0.192 e. The summed E-state index contributed by atoms with van der Waals surface area (Å²) >= 11 is 0. The SMILES string of the molecule is C=C/C(C#N)=C\C=C\c1ccc(CCCCCCCCCc2ccc(-c3ccc(C#N)cc3)cc2)cc1. The molecule has 0 aromatic heterocycles. The van der Waals surface area contributed by atoms with Gasteiger partial charge in [-0.1, -0.05) is 118 Å². The molecule has 0 spiro atoms. The van der Waals surface area contributed by atoms with E-state index in [-0.39, 0.29) is 0 Å². The fourth-order valence-electron chi connectivity index (χ4n) is 4.35. The summed E-state index contributed by atoms with van der Waals surface area (Å²) in [4.78, 5) is 0. The summed E-state index contributed by atoms with van der Waals surface area (Å²) in [5, 5.41) is 17.8. The number of nitriles is 2. The highest BCUT2D eigenvalue weighted by molar-refractivity contribution is 5.64. The van der Waals surface area contributed by atoms with Crippen LogP contribution in [0.15, 0.2) is 103 Å². The van der Waals surface area contributed by atoms with E-state index in [4.69, 9.17) is 10.5 Å². The van der Waals surface area contributed by atoms with E-state index in [0.717, 1.165) is 24.0 Å². The van der Waals surface area contributed by atoms with Gasteiger partial charge in [-0.05, 0) is 71.7 Å². The van der Waals surface area contributed by atoms with E-state index in [9.17, 15) is 0 Å². The Morgan fingerprint density at radius 1 is 0.649 bits per heavy atom. The molecule has 0 aliphatic rings. The predicted octanol–water partition coefficient (Wildman–Crippen LogP) is 9.39. The number of hydrogen-bond donors (Lipinski definition) is 0. The fourth-order valence-corrected chi connectivity index (χ4v) is 4.35. The topological polar surface area (TPSA) is 47.6 Å². The van der Waals surface area contributed by atoms with E-state index >= 15 is 0 Å². The zero-order valence-electron chi connectivity index (χ0n) is 21.7. The zero-order valence-corrected chi connectivity index (χ0v) is 21.7. The van der Waals surface area contributed by atoms with Crippen molar-refractivity contribution in [3.05, 3.63) is 125 Å². The summed E-state index contributed by atoms with van der Waals surface area (Å²) in [6.45, 7) is 3.62. The molecule has 0 heterocycles. The second-order valence-electron chi connectivity index (χ2n) is 9.40. The van der Waals surface area contributed by atoms with Crippen molar-refractivity contribution < 1.29 is 0 Å². The minimum atomic E-state index is 0.569. The molecule has 37 heavy (non-hydrogen) atoms. The molecule has 3 aromatic carbocycles. The number of benzene rings is 3. The van der Waals surface area contributed by atoms with Gasteiger partial charge in [0.1, 0.15) is 0 Å². The molecule has 2 nitrogen and oxygen atoms in total. The van der Waals surface area contributed by atoms with Crippen molar-refractivity contribution in [3.8, 4) is 23.3 Å². The van der Waals surface area contributed by atoms with Crippen LogP contribution in [0.25, 0.3) is 17.2 Å². The lowest BCUT2D eigenvalue weighted by Gasteiger charge is -2.06. The first-order valence-corrected chi connectivity index (χ1v) is 13.3. The van der Waals surface area contributed by atoms with Crippen molar-refractivity contribution in [3.63, 3.8) is 0 Å². The third kappa shape index (κ3) is 9.79. The first-order valence-electron chi connectivity index (χ1n) is 13.3. The van der Waals surface area contributed by atoms with Crippen LogP contribution in [0.5, 0.6) is 0 Å². The van der Waals surface area contributed by atoms with Gasteiger partial charge in [-0.15, -0.1) is 0 Å². The van der Waals surface area contributed by atoms with E-state index in [0.29, 0.717) is 11.1 Å². The first kappa shape index (κ1) is 27.4. The van der Waals surface area contributed by atoms with Crippen LogP contribution in [0.3, 0.4) is 0 Å². The van der Waals surface area contributed by atoms with Crippen molar-refractivity contribution in [2.24, 2.45) is 0 Å². The Kier molecular flexibility index (Phi) is 11.7. The molecule has 0 radical (unpaired) electrons. The molecule has 0 aliphatic carbocycles. The zero-order chi connectivity index (χ0) is 26.1. The highest BCUT2D eigenvalue weighted by Crippen LogP contribution is 2.21. The number of nitrogens with zero attached hydrogens (tertiary/aromatic N) is 2. The van der Waals surface area contributed by atoms with Gasteiger partial charge in [0, 0.05) is 0 Å². The molecule has 3 aromatic rings. The fraction of sp³-hybridized carbons (Fsp3) is 0.257. The number of hydrogen-bond acceptors (Lipinski definition) is 2. The first-order chi connectivity index (χ1) is 18.2. The van der Waals surface area contributed by atoms with Crippen LogP contribution in [0, 0.1) is 22.7 Å². The molecule has 0 amide bonds. The van der Waals surface area contributed by atoms with Crippen LogP contribution in [0.2, 0.25) is 0 Å². The van der Waals surface area contributed by atoms with Crippen LogP contribution in [0.4, 0.5) is 0 Å². The lowest BCUT2D eigenvalue weighted by molar-refractivity contribution is 0.579. The Balaban J connectivity index is 1.24. The Hall–Kier alpha value is -4.14. The van der Waals surface area contributed by atoms with Gasteiger partial charge in [-0.3, -0.25) is 0 Å². The molecule has 0 saturated heterocycles. The van der Waals surface area contributed by atoms with E-state index in [1.54, 1.807) is 12.2 Å². The van der Waals surface area contributed by atoms with Crippen LogP contribution >= 0.6 is 0 Å². The lowest BCUT2D eigenvalue weighted by atomic mass is 10.00. The quantitative estimate of drug-likeness (QED) is 0.130. The second kappa shape index (κ2) is 15.8. The molecule has 0 unspecified atom stereocenters. The summed E-state index contributed by atoms with van der Waals surface area (Å²) < 4.78 is 0. The maximum atomic E-state index is 8.94. The van der Waals surface area contributed by atoms with E-state index in [1.165, 1.54) is 61.6 Å². The average Bonchev–Trinajstić information content (AvgIpc) is 2.95. The van der Waals surface area contributed by atoms with Crippen molar-refractivity contribution in [1.29, 1.82) is 10.5 Å². The van der Waals surface area contributed by atoms with E-state index < -0.39 is 0 Å². The maximum absolute atomic E-state index is 8.94. The maximum Gasteiger partial charge on any atom is 0.0991 e.